The molecule has 1 heterocycles. The zero-order valence-corrected chi connectivity index (χ0v) is 12.4. The summed E-state index contributed by atoms with van der Waals surface area (Å²) in [5.74, 6) is -0.282. The van der Waals surface area contributed by atoms with Crippen molar-refractivity contribution in [2.75, 3.05) is 0 Å². The monoisotopic (exact) mass is 301 g/mol. The maximum atomic E-state index is 11.8. The Morgan fingerprint density at radius 2 is 1.65 bits per heavy atom. The van der Waals surface area contributed by atoms with Gasteiger partial charge in [-0.2, -0.15) is 5.10 Å². The fraction of sp³-hybridized carbons (Fsp3) is 0. The van der Waals surface area contributed by atoms with E-state index in [-0.39, 0.29) is 5.91 Å². The van der Waals surface area contributed by atoms with Gasteiger partial charge in [0.2, 0.25) is 0 Å². The molecule has 0 saturated heterocycles. The van der Waals surface area contributed by atoms with Crippen LogP contribution < -0.4 is 5.43 Å². The van der Waals surface area contributed by atoms with Crippen molar-refractivity contribution in [1.82, 2.24) is 10.4 Å². The number of rotatable bonds is 4. The number of hydrogen-bond acceptors (Lipinski definition) is 3. The van der Waals surface area contributed by atoms with E-state index < -0.39 is 0 Å². The Balaban J connectivity index is 1.63. The van der Waals surface area contributed by atoms with E-state index in [9.17, 15) is 4.79 Å². The molecule has 0 saturated carbocycles. The van der Waals surface area contributed by atoms with Crippen molar-refractivity contribution in [2.24, 2.45) is 5.10 Å². The summed E-state index contributed by atoms with van der Waals surface area (Å²) in [5.41, 5.74) is 6.18. The first-order valence-electron chi connectivity index (χ1n) is 7.22. The van der Waals surface area contributed by atoms with Gasteiger partial charge in [-0.3, -0.25) is 9.78 Å². The van der Waals surface area contributed by atoms with E-state index in [1.807, 2.05) is 42.5 Å². The number of hydrogen-bond donors (Lipinski definition) is 1. The standard InChI is InChI=1S/C19H15N3O/c23-19(18-7-4-12-20-14-18)22-21-13-15-8-10-17(11-9-15)16-5-2-1-3-6-16/h1-14H,(H,22,23). The van der Waals surface area contributed by atoms with E-state index in [2.05, 4.69) is 27.6 Å². The summed E-state index contributed by atoms with van der Waals surface area (Å²) in [6.07, 6.45) is 4.73. The van der Waals surface area contributed by atoms with Crippen LogP contribution in [-0.2, 0) is 0 Å². The van der Waals surface area contributed by atoms with E-state index in [1.54, 1.807) is 24.5 Å². The largest absolute Gasteiger partial charge is 0.272 e. The molecule has 0 radical (unpaired) electrons. The Morgan fingerprint density at radius 3 is 2.35 bits per heavy atom. The Kier molecular flexibility index (Phi) is 4.55. The van der Waals surface area contributed by atoms with Crippen LogP contribution in [0.25, 0.3) is 11.1 Å². The van der Waals surface area contributed by atoms with E-state index >= 15 is 0 Å². The number of carbonyl (C=O) groups excluding carboxylic acids is 1. The molecule has 0 unspecified atom stereocenters. The first kappa shape index (κ1) is 14.7. The highest BCUT2D eigenvalue weighted by Crippen LogP contribution is 2.18. The van der Waals surface area contributed by atoms with Gasteiger partial charge in [0.25, 0.3) is 5.91 Å². The zero-order chi connectivity index (χ0) is 15.9. The molecule has 1 amide bonds. The number of benzene rings is 2. The zero-order valence-electron chi connectivity index (χ0n) is 12.4. The molecule has 23 heavy (non-hydrogen) atoms. The van der Waals surface area contributed by atoms with Gasteiger partial charge in [0.15, 0.2) is 0 Å². The first-order chi connectivity index (χ1) is 11.3. The fourth-order valence-electron chi connectivity index (χ4n) is 2.12. The predicted molar refractivity (Wildman–Crippen MR) is 91.2 cm³/mol. The third kappa shape index (κ3) is 3.89. The van der Waals surface area contributed by atoms with Crippen LogP contribution in [0.2, 0.25) is 0 Å². The molecule has 2 aromatic carbocycles. The minimum Gasteiger partial charge on any atom is -0.267 e. The van der Waals surface area contributed by atoms with Gasteiger partial charge in [-0.1, -0.05) is 54.6 Å². The molecule has 4 nitrogen and oxygen atoms in total. The average Bonchev–Trinajstić information content (AvgIpc) is 2.64. The summed E-state index contributed by atoms with van der Waals surface area (Å²) in [5, 5.41) is 3.97. The molecule has 112 valence electrons. The molecule has 4 heteroatoms. The number of pyridine rings is 1. The highest BCUT2D eigenvalue weighted by molar-refractivity contribution is 5.94. The normalized spacial score (nSPS) is 10.6. The number of aromatic nitrogens is 1. The molecule has 0 atom stereocenters. The maximum Gasteiger partial charge on any atom is 0.272 e. The van der Waals surface area contributed by atoms with Gasteiger partial charge >= 0.3 is 0 Å². The first-order valence-corrected chi connectivity index (χ1v) is 7.22. The molecule has 1 aromatic heterocycles. The Morgan fingerprint density at radius 1 is 0.913 bits per heavy atom. The van der Waals surface area contributed by atoms with Crippen molar-refractivity contribution in [3.8, 4) is 11.1 Å². The van der Waals surface area contributed by atoms with Crippen molar-refractivity contribution < 1.29 is 4.79 Å². The minimum absolute atomic E-state index is 0.282. The smallest absolute Gasteiger partial charge is 0.267 e. The summed E-state index contributed by atoms with van der Waals surface area (Å²) < 4.78 is 0. The Bertz CT molecular complexity index is 797. The van der Waals surface area contributed by atoms with Crippen LogP contribution in [0.1, 0.15) is 15.9 Å². The minimum atomic E-state index is -0.282. The third-order valence-electron chi connectivity index (χ3n) is 3.32. The van der Waals surface area contributed by atoms with Crippen LogP contribution in [0.15, 0.2) is 84.2 Å². The number of hydrazone groups is 1. The van der Waals surface area contributed by atoms with Crippen LogP contribution in [0, 0.1) is 0 Å². The molecule has 0 aliphatic heterocycles. The number of nitrogens with zero attached hydrogens (tertiary/aromatic N) is 2. The van der Waals surface area contributed by atoms with E-state index in [1.165, 1.54) is 11.8 Å². The van der Waals surface area contributed by atoms with Crippen LogP contribution in [-0.4, -0.2) is 17.1 Å². The molecule has 0 fully saturated rings. The molecular weight excluding hydrogens is 286 g/mol. The summed E-state index contributed by atoms with van der Waals surface area (Å²) in [7, 11) is 0. The van der Waals surface area contributed by atoms with Gasteiger partial charge in [0.1, 0.15) is 0 Å². The molecule has 0 aliphatic rings. The quantitative estimate of drug-likeness (QED) is 0.592. The van der Waals surface area contributed by atoms with Gasteiger partial charge in [-0.05, 0) is 28.8 Å². The lowest BCUT2D eigenvalue weighted by Crippen LogP contribution is -2.17. The second-order valence-electron chi connectivity index (χ2n) is 4.93. The predicted octanol–water partition coefficient (Wildman–Crippen LogP) is 3.51. The van der Waals surface area contributed by atoms with Gasteiger partial charge in [0.05, 0.1) is 11.8 Å². The lowest BCUT2D eigenvalue weighted by Gasteiger charge is -2.02. The fourth-order valence-corrected chi connectivity index (χ4v) is 2.12. The Hall–Kier alpha value is -3.27. The molecule has 0 aliphatic carbocycles. The number of nitrogens with one attached hydrogen (secondary N) is 1. The lowest BCUT2D eigenvalue weighted by molar-refractivity contribution is 0.0955. The van der Waals surface area contributed by atoms with Gasteiger partial charge in [0, 0.05) is 12.4 Å². The third-order valence-corrected chi connectivity index (χ3v) is 3.32. The van der Waals surface area contributed by atoms with Gasteiger partial charge in [-0.25, -0.2) is 5.43 Å². The summed E-state index contributed by atoms with van der Waals surface area (Å²) in [6, 6.07) is 21.5. The van der Waals surface area contributed by atoms with Crippen LogP contribution in [0.4, 0.5) is 0 Å². The second-order valence-corrected chi connectivity index (χ2v) is 4.93. The number of carbonyl (C=O) groups is 1. The van der Waals surface area contributed by atoms with Crippen molar-refractivity contribution in [1.29, 1.82) is 0 Å². The van der Waals surface area contributed by atoms with E-state index in [4.69, 9.17) is 0 Å². The Labute approximate surface area is 134 Å². The van der Waals surface area contributed by atoms with Crippen molar-refractivity contribution in [3.63, 3.8) is 0 Å². The average molecular weight is 301 g/mol. The van der Waals surface area contributed by atoms with E-state index in [0.717, 1.165) is 11.1 Å². The topological polar surface area (TPSA) is 54.4 Å². The summed E-state index contributed by atoms with van der Waals surface area (Å²) in [4.78, 5) is 15.7. The van der Waals surface area contributed by atoms with Gasteiger partial charge in [-0.15, -0.1) is 0 Å². The molecular formula is C19H15N3O. The lowest BCUT2D eigenvalue weighted by atomic mass is 10.0. The van der Waals surface area contributed by atoms with Crippen LogP contribution >= 0.6 is 0 Å². The number of amides is 1. The summed E-state index contributed by atoms with van der Waals surface area (Å²) in [6.45, 7) is 0. The maximum absolute atomic E-state index is 11.8. The molecule has 1 N–H and O–H groups in total. The summed E-state index contributed by atoms with van der Waals surface area (Å²) >= 11 is 0. The molecule has 3 aromatic rings. The SMILES string of the molecule is O=C(NN=Cc1ccc(-c2ccccc2)cc1)c1cccnc1. The van der Waals surface area contributed by atoms with Crippen molar-refractivity contribution in [3.05, 3.63) is 90.3 Å². The van der Waals surface area contributed by atoms with Crippen molar-refractivity contribution in [2.45, 2.75) is 0 Å². The molecule has 0 spiro atoms. The highest BCUT2D eigenvalue weighted by Gasteiger charge is 2.02. The molecule has 3 rings (SSSR count). The van der Waals surface area contributed by atoms with Gasteiger partial charge < -0.3 is 0 Å². The van der Waals surface area contributed by atoms with Crippen LogP contribution in [0.5, 0.6) is 0 Å². The van der Waals surface area contributed by atoms with Crippen LogP contribution in [0.3, 0.4) is 0 Å². The molecule has 0 bridgehead atoms. The van der Waals surface area contributed by atoms with E-state index in [0.29, 0.717) is 5.56 Å². The second kappa shape index (κ2) is 7.13. The van der Waals surface area contributed by atoms with Crippen molar-refractivity contribution >= 4 is 12.1 Å². The highest BCUT2D eigenvalue weighted by atomic mass is 16.2.